The quantitative estimate of drug-likeness (QED) is 0.529. The molecule has 0 saturated heterocycles. The van der Waals surface area contributed by atoms with E-state index >= 15 is 0 Å². The number of hydrogen-bond donors (Lipinski definition) is 1. The van der Waals surface area contributed by atoms with Gasteiger partial charge >= 0.3 is 0 Å². The summed E-state index contributed by atoms with van der Waals surface area (Å²) in [6, 6.07) is 15.0. The molecule has 0 bridgehead atoms. The number of nitrogens with two attached hydrogens (primary N) is 1. The molecule has 2 aromatic heterocycles. The van der Waals surface area contributed by atoms with Crippen molar-refractivity contribution in [3.8, 4) is 5.75 Å². The third-order valence-electron chi connectivity index (χ3n) is 4.53. The van der Waals surface area contributed by atoms with Crippen LogP contribution in [-0.4, -0.2) is 27.9 Å². The normalized spacial score (nSPS) is 10.7. The topological polar surface area (TPSA) is 94.2 Å². The molecule has 0 aliphatic heterocycles. The van der Waals surface area contributed by atoms with Crippen LogP contribution in [0.3, 0.4) is 0 Å². The summed E-state index contributed by atoms with van der Waals surface area (Å²) >= 11 is 0. The SMILES string of the molecule is CN(c1ccc(F)cc1)c1ncc2cc(OCc3ccnc(C(N)=O)c3)ccc2n1. The van der Waals surface area contributed by atoms with E-state index in [1.54, 1.807) is 35.4 Å². The fraction of sp³-hybridized carbons (Fsp3) is 0.0909. The maximum Gasteiger partial charge on any atom is 0.267 e. The first-order valence-corrected chi connectivity index (χ1v) is 9.13. The second-order valence-electron chi connectivity index (χ2n) is 6.63. The molecule has 0 unspecified atom stereocenters. The van der Waals surface area contributed by atoms with Crippen molar-refractivity contribution in [2.45, 2.75) is 6.61 Å². The highest BCUT2D eigenvalue weighted by atomic mass is 19.1. The van der Waals surface area contributed by atoms with Crippen LogP contribution in [0.5, 0.6) is 5.75 Å². The highest BCUT2D eigenvalue weighted by Crippen LogP contribution is 2.25. The number of amides is 1. The van der Waals surface area contributed by atoms with Crippen molar-refractivity contribution in [3.63, 3.8) is 0 Å². The lowest BCUT2D eigenvalue weighted by molar-refractivity contribution is 0.0995. The number of anilines is 2. The van der Waals surface area contributed by atoms with Gasteiger partial charge in [-0.15, -0.1) is 0 Å². The monoisotopic (exact) mass is 403 g/mol. The number of pyridine rings is 1. The van der Waals surface area contributed by atoms with E-state index in [9.17, 15) is 9.18 Å². The first kappa shape index (κ1) is 19.3. The predicted molar refractivity (Wildman–Crippen MR) is 111 cm³/mol. The van der Waals surface area contributed by atoms with Crippen LogP contribution in [0.2, 0.25) is 0 Å². The summed E-state index contributed by atoms with van der Waals surface area (Å²) in [6.07, 6.45) is 3.23. The van der Waals surface area contributed by atoms with Crippen LogP contribution in [0.15, 0.2) is 67.0 Å². The van der Waals surface area contributed by atoms with Gasteiger partial charge in [0, 0.05) is 30.5 Å². The fourth-order valence-electron chi connectivity index (χ4n) is 2.90. The molecule has 30 heavy (non-hydrogen) atoms. The maximum absolute atomic E-state index is 13.1. The van der Waals surface area contributed by atoms with Crippen molar-refractivity contribution >= 4 is 28.4 Å². The number of primary amides is 1. The maximum atomic E-state index is 13.1. The minimum atomic E-state index is -0.582. The largest absolute Gasteiger partial charge is 0.489 e. The first-order valence-electron chi connectivity index (χ1n) is 9.13. The molecule has 0 aliphatic carbocycles. The lowest BCUT2D eigenvalue weighted by Crippen LogP contribution is -2.13. The molecule has 2 aromatic carbocycles. The summed E-state index contributed by atoms with van der Waals surface area (Å²) in [5.74, 6) is 0.263. The van der Waals surface area contributed by atoms with E-state index in [-0.39, 0.29) is 18.1 Å². The Labute approximate surface area is 172 Å². The van der Waals surface area contributed by atoms with Crippen LogP contribution in [0.4, 0.5) is 16.0 Å². The van der Waals surface area contributed by atoms with Crippen LogP contribution in [0, 0.1) is 5.82 Å². The van der Waals surface area contributed by atoms with E-state index in [1.807, 2.05) is 25.2 Å². The third kappa shape index (κ3) is 4.17. The summed E-state index contributed by atoms with van der Waals surface area (Å²) in [4.78, 5) is 25.9. The van der Waals surface area contributed by atoms with E-state index in [0.717, 1.165) is 22.2 Å². The zero-order chi connectivity index (χ0) is 21.1. The number of nitrogens with zero attached hydrogens (tertiary/aromatic N) is 4. The summed E-state index contributed by atoms with van der Waals surface area (Å²) < 4.78 is 19.0. The van der Waals surface area contributed by atoms with Crippen molar-refractivity contribution in [3.05, 3.63) is 84.1 Å². The molecule has 2 N–H and O–H groups in total. The van der Waals surface area contributed by atoms with Crippen LogP contribution in [0.1, 0.15) is 16.1 Å². The number of rotatable bonds is 6. The number of halogens is 1. The molecule has 0 fully saturated rings. The Balaban J connectivity index is 1.51. The van der Waals surface area contributed by atoms with Gasteiger partial charge in [0.25, 0.3) is 5.91 Å². The summed E-state index contributed by atoms with van der Waals surface area (Å²) in [6.45, 7) is 0.264. The number of ether oxygens (including phenoxy) is 1. The number of carbonyl (C=O) groups is 1. The molecule has 7 nitrogen and oxygen atoms in total. The molecular formula is C22H18FN5O2. The molecule has 0 atom stereocenters. The van der Waals surface area contributed by atoms with Crippen LogP contribution in [-0.2, 0) is 6.61 Å². The molecule has 0 radical (unpaired) electrons. The number of fused-ring (bicyclic) bond motifs is 1. The Morgan fingerprint density at radius 2 is 1.90 bits per heavy atom. The molecule has 4 aromatic rings. The van der Waals surface area contributed by atoms with E-state index in [1.165, 1.54) is 18.3 Å². The number of aromatic nitrogens is 3. The van der Waals surface area contributed by atoms with Gasteiger partial charge in [0.05, 0.1) is 5.52 Å². The molecule has 2 heterocycles. The lowest BCUT2D eigenvalue weighted by Gasteiger charge is -2.17. The molecule has 4 rings (SSSR count). The second-order valence-corrected chi connectivity index (χ2v) is 6.63. The van der Waals surface area contributed by atoms with Crippen molar-refractivity contribution in [2.24, 2.45) is 5.73 Å². The van der Waals surface area contributed by atoms with Crippen LogP contribution >= 0.6 is 0 Å². The zero-order valence-corrected chi connectivity index (χ0v) is 16.1. The molecule has 1 amide bonds. The molecule has 0 aliphatic rings. The number of benzene rings is 2. The van der Waals surface area contributed by atoms with Gasteiger partial charge in [-0.05, 0) is 60.2 Å². The molecule has 0 saturated carbocycles. The van der Waals surface area contributed by atoms with Crippen molar-refractivity contribution in [1.29, 1.82) is 0 Å². The van der Waals surface area contributed by atoms with E-state index < -0.39 is 5.91 Å². The standard InChI is InChI=1S/C22H18FN5O2/c1-28(17-4-2-16(23)3-5-17)22-26-12-15-11-18(6-7-19(15)27-22)30-13-14-8-9-25-20(10-14)21(24)29/h2-12H,13H2,1H3,(H2,24,29). The molecule has 8 heteroatoms. The number of carbonyl (C=O) groups excluding carboxylic acids is 1. The Morgan fingerprint density at radius 1 is 1.10 bits per heavy atom. The van der Waals surface area contributed by atoms with Gasteiger partial charge in [-0.3, -0.25) is 9.78 Å². The Bertz CT molecular complexity index is 1210. The Kier molecular flexibility index (Phi) is 5.21. The van der Waals surface area contributed by atoms with Gasteiger partial charge in [-0.1, -0.05) is 0 Å². The third-order valence-corrected chi connectivity index (χ3v) is 4.53. The van der Waals surface area contributed by atoms with E-state index in [4.69, 9.17) is 10.5 Å². The summed E-state index contributed by atoms with van der Waals surface area (Å²) in [5.41, 5.74) is 7.76. The van der Waals surface area contributed by atoms with Gasteiger partial charge in [0.1, 0.15) is 23.9 Å². The van der Waals surface area contributed by atoms with E-state index in [0.29, 0.717) is 11.7 Å². The molecular weight excluding hydrogens is 385 g/mol. The molecule has 0 spiro atoms. The van der Waals surface area contributed by atoms with Crippen LogP contribution in [0.25, 0.3) is 10.9 Å². The van der Waals surface area contributed by atoms with E-state index in [2.05, 4.69) is 15.0 Å². The van der Waals surface area contributed by atoms with Gasteiger partial charge in [-0.2, -0.15) is 0 Å². The van der Waals surface area contributed by atoms with Gasteiger partial charge in [-0.25, -0.2) is 14.4 Å². The van der Waals surface area contributed by atoms with Gasteiger partial charge in [0.15, 0.2) is 0 Å². The Hall–Kier alpha value is -4.07. The Morgan fingerprint density at radius 3 is 2.67 bits per heavy atom. The molecule has 150 valence electrons. The van der Waals surface area contributed by atoms with Crippen molar-refractivity contribution in [2.75, 3.05) is 11.9 Å². The summed E-state index contributed by atoms with van der Waals surface area (Å²) in [7, 11) is 1.82. The van der Waals surface area contributed by atoms with Crippen LogP contribution < -0.4 is 15.4 Å². The van der Waals surface area contributed by atoms with Gasteiger partial charge in [0.2, 0.25) is 5.95 Å². The minimum Gasteiger partial charge on any atom is -0.489 e. The second kappa shape index (κ2) is 8.12. The number of hydrogen-bond acceptors (Lipinski definition) is 6. The smallest absolute Gasteiger partial charge is 0.267 e. The first-order chi connectivity index (χ1) is 14.5. The predicted octanol–water partition coefficient (Wildman–Crippen LogP) is 3.61. The highest BCUT2D eigenvalue weighted by molar-refractivity contribution is 5.90. The average Bonchev–Trinajstić information content (AvgIpc) is 2.77. The zero-order valence-electron chi connectivity index (χ0n) is 16.1. The average molecular weight is 403 g/mol. The highest BCUT2D eigenvalue weighted by Gasteiger charge is 2.09. The van der Waals surface area contributed by atoms with Crippen molar-refractivity contribution in [1.82, 2.24) is 15.0 Å². The summed E-state index contributed by atoms with van der Waals surface area (Å²) in [5, 5.41) is 0.816. The minimum absolute atomic E-state index is 0.195. The van der Waals surface area contributed by atoms with Gasteiger partial charge < -0.3 is 15.4 Å². The fourth-order valence-corrected chi connectivity index (χ4v) is 2.90. The van der Waals surface area contributed by atoms with Crippen molar-refractivity contribution < 1.29 is 13.9 Å². The lowest BCUT2D eigenvalue weighted by atomic mass is 10.2.